The van der Waals surface area contributed by atoms with E-state index < -0.39 is 22.3 Å². The minimum absolute atomic E-state index is 0.281. The molecule has 2 N–H and O–H groups in total. The van der Waals surface area contributed by atoms with Gasteiger partial charge >= 0.3 is 6.18 Å². The van der Waals surface area contributed by atoms with Crippen molar-refractivity contribution in [2.75, 3.05) is 10.6 Å². The zero-order valence-electron chi connectivity index (χ0n) is 15.8. The lowest BCUT2D eigenvalue weighted by Gasteiger charge is -2.10. The monoisotopic (exact) mass is 484 g/mol. The fraction of sp³-hybridized carbons (Fsp3) is 0.222. The van der Waals surface area contributed by atoms with Crippen LogP contribution in [-0.2, 0) is 19.8 Å². The molecule has 0 aliphatic heterocycles. The number of alkyl halides is 3. The number of hydrogen-bond acceptors (Lipinski definition) is 4. The molecule has 0 aliphatic rings. The first-order valence-electron chi connectivity index (χ1n) is 8.66. The number of rotatable bonds is 5. The van der Waals surface area contributed by atoms with E-state index in [9.17, 15) is 22.8 Å². The maximum absolute atomic E-state index is 13.0. The van der Waals surface area contributed by atoms with E-state index in [1.54, 1.807) is 24.3 Å². The lowest BCUT2D eigenvalue weighted by atomic mass is 10.2. The van der Waals surface area contributed by atoms with Gasteiger partial charge in [-0.25, -0.2) is 0 Å². The first-order valence-corrected chi connectivity index (χ1v) is 9.45. The Kier molecular flexibility index (Phi) is 5.97. The Labute approximate surface area is 177 Å². The van der Waals surface area contributed by atoms with Crippen LogP contribution in [0.15, 0.2) is 41.0 Å². The molecular formula is C18H16BrF3N6O2. The van der Waals surface area contributed by atoms with Crippen LogP contribution >= 0.6 is 15.9 Å². The minimum Gasteiger partial charge on any atom is -0.321 e. The van der Waals surface area contributed by atoms with E-state index in [2.05, 4.69) is 36.8 Å². The molecule has 12 heteroatoms. The number of anilines is 2. The van der Waals surface area contributed by atoms with Crippen molar-refractivity contribution in [3.8, 4) is 0 Å². The number of halogens is 4. The topological polar surface area (TPSA) is 93.8 Å². The number of aryl methyl sites for hydroxylation is 2. The predicted octanol–water partition coefficient (Wildman–Crippen LogP) is 3.92. The Bertz CT molecular complexity index is 1110. The normalized spacial score (nSPS) is 11.4. The second-order valence-corrected chi connectivity index (χ2v) is 6.95. The van der Waals surface area contributed by atoms with Gasteiger partial charge < -0.3 is 10.6 Å². The van der Waals surface area contributed by atoms with Crippen LogP contribution < -0.4 is 10.6 Å². The van der Waals surface area contributed by atoms with Gasteiger partial charge in [0.15, 0.2) is 5.69 Å². The molecule has 0 bridgehead atoms. The number of hydrogen-bond donors (Lipinski definition) is 2. The highest BCUT2D eigenvalue weighted by Crippen LogP contribution is 2.35. The van der Waals surface area contributed by atoms with E-state index in [-0.39, 0.29) is 17.3 Å². The standard InChI is InChI=1S/C18H16BrF3N6O2/c1-3-28-12(7-8-23-28)16(29)24-10-5-4-6-11(9-10)25-17(30)14-13(19)15(18(20,21)22)26-27(14)2/h4-9H,3H2,1-2H3,(H,24,29)(H,25,30). The van der Waals surface area contributed by atoms with Gasteiger partial charge in [0.1, 0.15) is 11.4 Å². The highest BCUT2D eigenvalue weighted by atomic mass is 79.9. The largest absolute Gasteiger partial charge is 0.436 e. The quantitative estimate of drug-likeness (QED) is 0.573. The second-order valence-electron chi connectivity index (χ2n) is 6.15. The average Bonchev–Trinajstić information content (AvgIpc) is 3.25. The number of aromatic nitrogens is 4. The molecule has 3 aromatic rings. The summed E-state index contributed by atoms with van der Waals surface area (Å²) in [4.78, 5) is 24.9. The molecular weight excluding hydrogens is 469 g/mol. The summed E-state index contributed by atoms with van der Waals surface area (Å²) in [7, 11) is 1.24. The third-order valence-electron chi connectivity index (χ3n) is 4.10. The molecule has 2 aromatic heterocycles. The van der Waals surface area contributed by atoms with E-state index in [0.29, 0.717) is 17.9 Å². The minimum atomic E-state index is -4.70. The van der Waals surface area contributed by atoms with Gasteiger partial charge in [-0.1, -0.05) is 6.07 Å². The smallest absolute Gasteiger partial charge is 0.321 e. The third-order valence-corrected chi connectivity index (χ3v) is 4.85. The van der Waals surface area contributed by atoms with Crippen molar-refractivity contribution < 1.29 is 22.8 Å². The Morgan fingerprint density at radius 3 is 2.33 bits per heavy atom. The molecule has 30 heavy (non-hydrogen) atoms. The van der Waals surface area contributed by atoms with Gasteiger partial charge in [-0.3, -0.25) is 19.0 Å². The number of nitrogens with zero attached hydrogens (tertiary/aromatic N) is 4. The van der Waals surface area contributed by atoms with Crippen molar-refractivity contribution in [3.05, 3.63) is 58.1 Å². The zero-order chi connectivity index (χ0) is 22.1. The molecule has 2 amide bonds. The van der Waals surface area contributed by atoms with Crippen molar-refractivity contribution in [1.29, 1.82) is 0 Å². The summed E-state index contributed by atoms with van der Waals surface area (Å²) in [6.45, 7) is 2.37. The summed E-state index contributed by atoms with van der Waals surface area (Å²) in [5.41, 5.74) is -0.442. The molecule has 0 radical (unpaired) electrons. The fourth-order valence-corrected chi connectivity index (χ4v) is 3.50. The van der Waals surface area contributed by atoms with Gasteiger partial charge in [0, 0.05) is 31.2 Å². The van der Waals surface area contributed by atoms with E-state index in [0.717, 1.165) is 4.68 Å². The van der Waals surface area contributed by atoms with Crippen LogP contribution in [0, 0.1) is 0 Å². The molecule has 0 aliphatic carbocycles. The highest BCUT2D eigenvalue weighted by Gasteiger charge is 2.39. The molecule has 0 saturated heterocycles. The summed E-state index contributed by atoms with van der Waals surface area (Å²) in [5, 5.41) is 12.6. The van der Waals surface area contributed by atoms with Crippen molar-refractivity contribution in [2.24, 2.45) is 7.05 Å². The van der Waals surface area contributed by atoms with Gasteiger partial charge in [-0.2, -0.15) is 23.4 Å². The predicted molar refractivity (Wildman–Crippen MR) is 106 cm³/mol. The number of benzene rings is 1. The van der Waals surface area contributed by atoms with Crippen LogP contribution in [-0.4, -0.2) is 31.4 Å². The summed E-state index contributed by atoms with van der Waals surface area (Å²) >= 11 is 2.81. The fourth-order valence-electron chi connectivity index (χ4n) is 2.76. The van der Waals surface area contributed by atoms with Crippen molar-refractivity contribution >= 4 is 39.1 Å². The highest BCUT2D eigenvalue weighted by molar-refractivity contribution is 9.10. The summed E-state index contributed by atoms with van der Waals surface area (Å²) in [6, 6.07) is 7.79. The van der Waals surface area contributed by atoms with Gasteiger partial charge in [0.2, 0.25) is 0 Å². The molecule has 0 fully saturated rings. The van der Waals surface area contributed by atoms with Gasteiger partial charge in [-0.05, 0) is 47.1 Å². The van der Waals surface area contributed by atoms with E-state index in [1.165, 1.54) is 24.0 Å². The molecule has 0 spiro atoms. The summed E-state index contributed by atoms with van der Waals surface area (Å²) in [5.74, 6) is -1.18. The molecule has 1 aromatic carbocycles. The van der Waals surface area contributed by atoms with Gasteiger partial charge in [0.05, 0.1) is 4.47 Å². The number of amides is 2. The van der Waals surface area contributed by atoms with Crippen LogP contribution in [0.1, 0.15) is 33.6 Å². The summed E-state index contributed by atoms with van der Waals surface area (Å²) < 4.78 is 40.9. The number of nitrogens with one attached hydrogen (secondary N) is 2. The molecule has 0 atom stereocenters. The average molecular weight is 485 g/mol. The lowest BCUT2D eigenvalue weighted by Crippen LogP contribution is -2.18. The van der Waals surface area contributed by atoms with Crippen LogP contribution in [0.5, 0.6) is 0 Å². The molecule has 2 heterocycles. The van der Waals surface area contributed by atoms with Crippen LogP contribution in [0.3, 0.4) is 0 Å². The Morgan fingerprint density at radius 1 is 1.13 bits per heavy atom. The van der Waals surface area contributed by atoms with Crippen molar-refractivity contribution in [1.82, 2.24) is 19.6 Å². The Balaban J connectivity index is 1.78. The Hall–Kier alpha value is -3.15. The Morgan fingerprint density at radius 2 is 1.77 bits per heavy atom. The maximum Gasteiger partial charge on any atom is 0.436 e. The number of carbonyl (C=O) groups is 2. The molecule has 8 nitrogen and oxygen atoms in total. The maximum atomic E-state index is 13.0. The first-order chi connectivity index (χ1) is 14.1. The molecule has 0 unspecified atom stereocenters. The molecule has 0 saturated carbocycles. The first kappa shape index (κ1) is 21.6. The van der Waals surface area contributed by atoms with E-state index in [4.69, 9.17) is 0 Å². The van der Waals surface area contributed by atoms with Gasteiger partial charge in [0.25, 0.3) is 11.8 Å². The van der Waals surface area contributed by atoms with Crippen LogP contribution in [0.25, 0.3) is 0 Å². The second kappa shape index (κ2) is 8.30. The van der Waals surface area contributed by atoms with Gasteiger partial charge in [-0.15, -0.1) is 0 Å². The zero-order valence-corrected chi connectivity index (χ0v) is 17.4. The SMILES string of the molecule is CCn1nccc1C(=O)Nc1cccc(NC(=O)c2c(Br)c(C(F)(F)F)nn2C)c1. The van der Waals surface area contributed by atoms with Crippen LogP contribution in [0.4, 0.5) is 24.5 Å². The van der Waals surface area contributed by atoms with E-state index >= 15 is 0 Å². The van der Waals surface area contributed by atoms with E-state index in [1.807, 2.05) is 6.92 Å². The molecule has 3 rings (SSSR count). The third kappa shape index (κ3) is 4.37. The number of carbonyl (C=O) groups excluding carboxylic acids is 2. The van der Waals surface area contributed by atoms with Crippen LogP contribution in [0.2, 0.25) is 0 Å². The van der Waals surface area contributed by atoms with Crippen molar-refractivity contribution in [3.63, 3.8) is 0 Å². The summed E-state index contributed by atoms with van der Waals surface area (Å²) in [6.07, 6.45) is -3.19. The lowest BCUT2D eigenvalue weighted by molar-refractivity contribution is -0.142. The molecule has 158 valence electrons. The van der Waals surface area contributed by atoms with Crippen molar-refractivity contribution in [2.45, 2.75) is 19.6 Å².